The smallest absolute Gasteiger partial charge is 0.147 e. The molecule has 0 aliphatic rings. The largest absolute Gasteiger partial charge is 0.457 e. The molecule has 0 radical (unpaired) electrons. The first-order valence-electron chi connectivity index (χ1n) is 17.1. The molecular formula is C44H28N6O. The number of fused-ring (bicyclic) bond motifs is 16. The summed E-state index contributed by atoms with van der Waals surface area (Å²) in [4.78, 5) is 20.3. The number of aryl methyl sites for hydroxylation is 2. The summed E-state index contributed by atoms with van der Waals surface area (Å²) >= 11 is 0. The van der Waals surface area contributed by atoms with Gasteiger partial charge >= 0.3 is 0 Å². The van der Waals surface area contributed by atoms with Crippen LogP contribution in [0, 0.1) is 13.8 Å². The van der Waals surface area contributed by atoms with Crippen LogP contribution >= 0.6 is 0 Å². The average molecular weight is 657 g/mol. The third kappa shape index (κ3) is 4.00. The second-order valence-electron chi connectivity index (χ2n) is 13.2. The number of para-hydroxylation sites is 4. The minimum Gasteiger partial charge on any atom is -0.457 e. The number of benzene rings is 5. The Bertz CT molecular complexity index is 3250. The highest BCUT2D eigenvalue weighted by atomic mass is 16.5. The normalized spacial score (nSPS) is 12.1. The van der Waals surface area contributed by atoms with E-state index in [1.54, 1.807) is 0 Å². The van der Waals surface area contributed by atoms with Crippen LogP contribution in [0.15, 0.2) is 134 Å². The van der Waals surface area contributed by atoms with E-state index in [2.05, 4.69) is 114 Å². The van der Waals surface area contributed by atoms with Gasteiger partial charge in [-0.1, -0.05) is 42.5 Å². The first kappa shape index (κ1) is 28.0. The van der Waals surface area contributed by atoms with Gasteiger partial charge in [0, 0.05) is 33.3 Å². The zero-order valence-corrected chi connectivity index (χ0v) is 27.8. The van der Waals surface area contributed by atoms with Crippen molar-refractivity contribution in [1.29, 1.82) is 0 Å². The quantitative estimate of drug-likeness (QED) is 0.177. The van der Waals surface area contributed by atoms with E-state index in [9.17, 15) is 0 Å². The standard InChI is InChI=1S/C44H28N6O/c1-25-9-7-10-26(2)40(25)36-21-20-31-29-18-16-27(23-32(29)44-47-35-12-4-6-14-38(35)50(44)42(31)48-36)51-28-17-19-30-33(24-28)43-46-34-11-3-5-13-37(34)49(43)39-15-8-22-45-41(30)39/h3-24H,1-2H3. The molecule has 0 N–H and O–H groups in total. The van der Waals surface area contributed by atoms with Crippen molar-refractivity contribution >= 4 is 77.0 Å². The maximum atomic E-state index is 6.66. The minimum absolute atomic E-state index is 0.719. The van der Waals surface area contributed by atoms with Crippen LogP contribution in [0.5, 0.6) is 11.5 Å². The highest BCUT2D eigenvalue weighted by Gasteiger charge is 2.19. The van der Waals surface area contributed by atoms with E-state index in [0.29, 0.717) is 0 Å². The van der Waals surface area contributed by atoms with Crippen LogP contribution in [0.3, 0.4) is 0 Å². The van der Waals surface area contributed by atoms with Crippen molar-refractivity contribution in [3.63, 3.8) is 0 Å². The Kier molecular flexibility index (Phi) is 5.67. The van der Waals surface area contributed by atoms with E-state index in [-0.39, 0.29) is 0 Å². The number of pyridine rings is 4. The third-order valence-corrected chi connectivity index (χ3v) is 10.2. The second kappa shape index (κ2) is 10.3. The molecule has 11 aromatic rings. The Labute approximate surface area is 291 Å². The molecule has 5 aromatic carbocycles. The highest BCUT2D eigenvalue weighted by Crippen LogP contribution is 2.38. The summed E-state index contributed by atoms with van der Waals surface area (Å²) in [7, 11) is 0. The monoisotopic (exact) mass is 656 g/mol. The zero-order chi connectivity index (χ0) is 33.8. The SMILES string of the molecule is Cc1cccc(C)c1-c1ccc2c3ccc(Oc4ccc5c(c4)c4nc6ccccc6n4c4cccnc54)cc3c3nc4ccccc4n3c2n1. The first-order valence-corrected chi connectivity index (χ1v) is 17.1. The number of hydrogen-bond acceptors (Lipinski definition) is 5. The van der Waals surface area contributed by atoms with Crippen molar-refractivity contribution in [2.45, 2.75) is 13.8 Å². The van der Waals surface area contributed by atoms with Crippen LogP contribution in [-0.4, -0.2) is 28.7 Å². The van der Waals surface area contributed by atoms with Crippen LogP contribution in [-0.2, 0) is 0 Å². The molecule has 0 spiro atoms. The van der Waals surface area contributed by atoms with Gasteiger partial charge in [-0.05, 0) is 115 Å². The molecule has 7 heteroatoms. The van der Waals surface area contributed by atoms with Crippen LogP contribution in [0.2, 0.25) is 0 Å². The summed E-state index contributed by atoms with van der Waals surface area (Å²) in [5.41, 5.74) is 13.0. The predicted octanol–water partition coefficient (Wildman–Crippen LogP) is 10.8. The molecule has 0 aliphatic carbocycles. The van der Waals surface area contributed by atoms with Crippen LogP contribution in [0.25, 0.3) is 88.2 Å². The number of hydrogen-bond donors (Lipinski definition) is 0. The van der Waals surface area contributed by atoms with E-state index in [1.165, 1.54) is 16.7 Å². The van der Waals surface area contributed by atoms with E-state index in [4.69, 9.17) is 24.7 Å². The summed E-state index contributed by atoms with van der Waals surface area (Å²) in [6, 6.07) is 43.7. The zero-order valence-electron chi connectivity index (χ0n) is 27.8. The topological polar surface area (TPSA) is 69.6 Å². The summed E-state index contributed by atoms with van der Waals surface area (Å²) in [5, 5.41) is 5.14. The van der Waals surface area contributed by atoms with Gasteiger partial charge in [-0.2, -0.15) is 0 Å². The van der Waals surface area contributed by atoms with E-state index in [0.717, 1.165) is 94.2 Å². The van der Waals surface area contributed by atoms with Crippen molar-refractivity contribution in [3.8, 4) is 22.8 Å². The number of aromatic nitrogens is 6. The Morgan fingerprint density at radius 1 is 0.471 bits per heavy atom. The number of rotatable bonds is 3. The molecule has 0 saturated carbocycles. The fraction of sp³-hybridized carbons (Fsp3) is 0.0455. The third-order valence-electron chi connectivity index (χ3n) is 10.2. The lowest BCUT2D eigenvalue weighted by Gasteiger charge is -2.14. The molecule has 11 rings (SSSR count). The lowest BCUT2D eigenvalue weighted by atomic mass is 9.99. The fourth-order valence-electron chi connectivity index (χ4n) is 7.96. The van der Waals surface area contributed by atoms with Gasteiger partial charge in [0.1, 0.15) is 28.4 Å². The molecule has 7 nitrogen and oxygen atoms in total. The molecule has 0 amide bonds. The Morgan fingerprint density at radius 2 is 1.06 bits per heavy atom. The Hall–Kier alpha value is -6.86. The molecule has 6 aromatic heterocycles. The van der Waals surface area contributed by atoms with Gasteiger partial charge in [-0.3, -0.25) is 13.8 Å². The Morgan fingerprint density at radius 3 is 1.80 bits per heavy atom. The van der Waals surface area contributed by atoms with Crippen molar-refractivity contribution in [2.24, 2.45) is 0 Å². The molecule has 0 bridgehead atoms. The summed E-state index contributed by atoms with van der Waals surface area (Å²) in [5.74, 6) is 1.44. The molecule has 0 aliphatic heterocycles. The summed E-state index contributed by atoms with van der Waals surface area (Å²) < 4.78 is 11.1. The average Bonchev–Trinajstić information content (AvgIpc) is 3.75. The van der Waals surface area contributed by atoms with E-state index < -0.39 is 0 Å². The lowest BCUT2D eigenvalue weighted by molar-refractivity contribution is 0.484. The van der Waals surface area contributed by atoms with Crippen LogP contribution < -0.4 is 4.74 Å². The lowest BCUT2D eigenvalue weighted by Crippen LogP contribution is -1.98. The predicted molar refractivity (Wildman–Crippen MR) is 206 cm³/mol. The van der Waals surface area contributed by atoms with Crippen LogP contribution in [0.1, 0.15) is 11.1 Å². The molecule has 0 atom stereocenters. The van der Waals surface area contributed by atoms with Crippen molar-refractivity contribution < 1.29 is 4.74 Å². The fourth-order valence-corrected chi connectivity index (χ4v) is 7.96. The molecular weight excluding hydrogens is 629 g/mol. The van der Waals surface area contributed by atoms with Gasteiger partial charge in [0.2, 0.25) is 0 Å². The van der Waals surface area contributed by atoms with Gasteiger partial charge in [-0.25, -0.2) is 15.0 Å². The number of ether oxygens (including phenoxy) is 1. The number of imidazole rings is 2. The Balaban J connectivity index is 1.12. The minimum atomic E-state index is 0.719. The molecule has 0 saturated heterocycles. The molecule has 6 heterocycles. The molecule has 51 heavy (non-hydrogen) atoms. The first-order chi connectivity index (χ1) is 25.1. The molecule has 240 valence electrons. The van der Waals surface area contributed by atoms with Gasteiger partial charge < -0.3 is 4.74 Å². The summed E-state index contributed by atoms with van der Waals surface area (Å²) in [6.07, 6.45) is 1.84. The van der Waals surface area contributed by atoms with E-state index in [1.807, 2.05) is 42.6 Å². The maximum absolute atomic E-state index is 6.66. The van der Waals surface area contributed by atoms with Crippen molar-refractivity contribution in [3.05, 3.63) is 145 Å². The second-order valence-corrected chi connectivity index (χ2v) is 13.2. The maximum Gasteiger partial charge on any atom is 0.147 e. The van der Waals surface area contributed by atoms with Crippen LogP contribution in [0.4, 0.5) is 0 Å². The summed E-state index contributed by atoms with van der Waals surface area (Å²) in [6.45, 7) is 4.29. The van der Waals surface area contributed by atoms with Crippen molar-refractivity contribution in [2.75, 3.05) is 0 Å². The van der Waals surface area contributed by atoms with E-state index >= 15 is 0 Å². The van der Waals surface area contributed by atoms with Crippen molar-refractivity contribution in [1.82, 2.24) is 28.7 Å². The molecule has 0 unspecified atom stereocenters. The highest BCUT2D eigenvalue weighted by molar-refractivity contribution is 6.14. The van der Waals surface area contributed by atoms with Gasteiger partial charge in [0.25, 0.3) is 0 Å². The number of nitrogens with zero attached hydrogens (tertiary/aromatic N) is 6. The van der Waals surface area contributed by atoms with Gasteiger partial charge in [0.05, 0.1) is 38.8 Å². The van der Waals surface area contributed by atoms with Gasteiger partial charge in [0.15, 0.2) is 0 Å². The molecule has 0 fully saturated rings. The van der Waals surface area contributed by atoms with Gasteiger partial charge in [-0.15, -0.1) is 0 Å².